The number of anilines is 3. The van der Waals surface area contributed by atoms with Crippen molar-refractivity contribution < 1.29 is 18.8 Å². The van der Waals surface area contributed by atoms with Crippen molar-refractivity contribution >= 4 is 34.8 Å². The number of carbonyl (C=O) groups is 3. The number of furan rings is 1. The van der Waals surface area contributed by atoms with Gasteiger partial charge >= 0.3 is 0 Å². The summed E-state index contributed by atoms with van der Waals surface area (Å²) in [5, 5.41) is 11.4. The first-order valence-corrected chi connectivity index (χ1v) is 11.0. The van der Waals surface area contributed by atoms with E-state index in [0.29, 0.717) is 29.2 Å². The van der Waals surface area contributed by atoms with E-state index >= 15 is 0 Å². The molecular formula is C27H24N4O4. The molecule has 8 heteroatoms. The molecule has 0 aliphatic rings. The predicted molar refractivity (Wildman–Crippen MR) is 134 cm³/mol. The summed E-state index contributed by atoms with van der Waals surface area (Å²) in [4.78, 5) is 36.8. The maximum absolute atomic E-state index is 12.4. The van der Waals surface area contributed by atoms with Gasteiger partial charge in [-0.05, 0) is 60.2 Å². The largest absolute Gasteiger partial charge is 0.459 e. The molecule has 4 aromatic rings. The van der Waals surface area contributed by atoms with E-state index in [9.17, 15) is 14.4 Å². The number of hydrogen-bond acceptors (Lipinski definition) is 5. The van der Waals surface area contributed by atoms with Gasteiger partial charge in [0.15, 0.2) is 5.76 Å². The van der Waals surface area contributed by atoms with E-state index in [-0.39, 0.29) is 30.0 Å². The fraction of sp³-hybridized carbons (Fsp3) is 0.0741. The van der Waals surface area contributed by atoms with Gasteiger partial charge in [0.25, 0.3) is 11.8 Å². The number of benzene rings is 3. The van der Waals surface area contributed by atoms with Gasteiger partial charge in [0.05, 0.1) is 12.8 Å². The van der Waals surface area contributed by atoms with Crippen LogP contribution in [0.25, 0.3) is 0 Å². The molecule has 0 unspecified atom stereocenters. The van der Waals surface area contributed by atoms with Crippen LogP contribution < -0.4 is 21.3 Å². The van der Waals surface area contributed by atoms with E-state index in [1.54, 1.807) is 60.7 Å². The molecule has 0 atom stereocenters. The Morgan fingerprint density at radius 2 is 1.43 bits per heavy atom. The quantitative estimate of drug-likeness (QED) is 0.289. The second-order valence-corrected chi connectivity index (χ2v) is 7.66. The summed E-state index contributed by atoms with van der Waals surface area (Å²) in [5.74, 6) is -0.609. The van der Waals surface area contributed by atoms with Crippen LogP contribution in [0.3, 0.4) is 0 Å². The van der Waals surface area contributed by atoms with Crippen LogP contribution in [-0.2, 0) is 11.3 Å². The highest BCUT2D eigenvalue weighted by atomic mass is 16.3. The molecule has 1 heterocycles. The van der Waals surface area contributed by atoms with E-state index in [0.717, 1.165) is 5.56 Å². The summed E-state index contributed by atoms with van der Waals surface area (Å²) in [6, 6.07) is 26.6. The lowest BCUT2D eigenvalue weighted by Gasteiger charge is -2.10. The van der Waals surface area contributed by atoms with Crippen molar-refractivity contribution in [2.45, 2.75) is 6.54 Å². The zero-order valence-corrected chi connectivity index (χ0v) is 18.8. The van der Waals surface area contributed by atoms with E-state index < -0.39 is 0 Å². The minimum absolute atomic E-state index is 0.0303. The minimum Gasteiger partial charge on any atom is -0.459 e. The first kappa shape index (κ1) is 23.3. The molecule has 0 saturated carbocycles. The second kappa shape index (κ2) is 11.3. The summed E-state index contributed by atoms with van der Waals surface area (Å²) in [6.07, 6.45) is 1.42. The molecule has 176 valence electrons. The zero-order valence-electron chi connectivity index (χ0n) is 18.8. The van der Waals surface area contributed by atoms with E-state index in [1.807, 2.05) is 30.3 Å². The van der Waals surface area contributed by atoms with Gasteiger partial charge in [-0.15, -0.1) is 0 Å². The standard InChI is InChI=1S/C27H24N4O4/c32-25(30-22-8-4-9-23(16-22)31-27(34)24-10-5-15-35-24)18-28-21-13-11-20(12-14-21)26(33)29-17-19-6-2-1-3-7-19/h1-16,28H,17-18H2,(H,29,33)(H,30,32)(H,31,34). The first-order chi connectivity index (χ1) is 17.1. The number of carbonyl (C=O) groups excluding carboxylic acids is 3. The van der Waals surface area contributed by atoms with Gasteiger partial charge in [-0.25, -0.2) is 0 Å². The lowest BCUT2D eigenvalue weighted by Crippen LogP contribution is -2.23. The third-order valence-corrected chi connectivity index (χ3v) is 5.05. The smallest absolute Gasteiger partial charge is 0.291 e. The van der Waals surface area contributed by atoms with E-state index in [4.69, 9.17) is 4.42 Å². The molecule has 35 heavy (non-hydrogen) atoms. The molecule has 0 fully saturated rings. The third-order valence-electron chi connectivity index (χ3n) is 5.05. The summed E-state index contributed by atoms with van der Waals surface area (Å²) < 4.78 is 5.07. The average Bonchev–Trinajstić information content (AvgIpc) is 3.43. The molecule has 0 spiro atoms. The normalized spacial score (nSPS) is 10.3. The summed E-state index contributed by atoms with van der Waals surface area (Å²) in [7, 11) is 0. The number of amides is 3. The predicted octanol–water partition coefficient (Wildman–Crippen LogP) is 4.51. The molecule has 0 bridgehead atoms. The first-order valence-electron chi connectivity index (χ1n) is 11.0. The van der Waals surface area contributed by atoms with Crippen molar-refractivity contribution in [3.63, 3.8) is 0 Å². The van der Waals surface area contributed by atoms with Gasteiger partial charge in [0.2, 0.25) is 5.91 Å². The van der Waals surface area contributed by atoms with Crippen molar-refractivity contribution in [2.24, 2.45) is 0 Å². The Morgan fingerprint density at radius 1 is 0.686 bits per heavy atom. The van der Waals surface area contributed by atoms with Crippen molar-refractivity contribution in [3.8, 4) is 0 Å². The highest BCUT2D eigenvalue weighted by molar-refractivity contribution is 6.03. The third kappa shape index (κ3) is 6.82. The molecule has 0 aliphatic carbocycles. The molecule has 8 nitrogen and oxygen atoms in total. The van der Waals surface area contributed by atoms with Crippen LogP contribution in [0.2, 0.25) is 0 Å². The Bertz CT molecular complexity index is 1290. The zero-order chi connectivity index (χ0) is 24.5. The monoisotopic (exact) mass is 468 g/mol. The number of nitrogens with one attached hydrogen (secondary N) is 4. The second-order valence-electron chi connectivity index (χ2n) is 7.66. The van der Waals surface area contributed by atoms with Gasteiger partial charge in [0, 0.05) is 29.2 Å². The summed E-state index contributed by atoms with van der Waals surface area (Å²) >= 11 is 0. The van der Waals surface area contributed by atoms with Crippen LogP contribution in [-0.4, -0.2) is 24.3 Å². The lowest BCUT2D eigenvalue weighted by molar-refractivity contribution is -0.114. The molecule has 0 saturated heterocycles. The lowest BCUT2D eigenvalue weighted by atomic mass is 10.1. The Kier molecular flexibility index (Phi) is 7.55. The van der Waals surface area contributed by atoms with Gasteiger partial charge in [-0.2, -0.15) is 0 Å². The van der Waals surface area contributed by atoms with Crippen molar-refractivity contribution in [1.29, 1.82) is 0 Å². The van der Waals surface area contributed by atoms with Gasteiger partial charge < -0.3 is 25.7 Å². The van der Waals surface area contributed by atoms with Gasteiger partial charge in [-0.1, -0.05) is 36.4 Å². The average molecular weight is 469 g/mol. The van der Waals surface area contributed by atoms with E-state index in [1.165, 1.54) is 6.26 Å². The van der Waals surface area contributed by atoms with Gasteiger partial charge in [0.1, 0.15) is 0 Å². The Hall–Kier alpha value is -4.85. The molecular weight excluding hydrogens is 444 g/mol. The molecule has 1 aromatic heterocycles. The Balaban J connectivity index is 1.24. The van der Waals surface area contributed by atoms with Crippen LogP contribution >= 0.6 is 0 Å². The van der Waals surface area contributed by atoms with E-state index in [2.05, 4.69) is 21.3 Å². The molecule has 3 amide bonds. The van der Waals surface area contributed by atoms with Crippen molar-refractivity contribution in [2.75, 3.05) is 22.5 Å². The Morgan fingerprint density at radius 3 is 2.14 bits per heavy atom. The Labute approximate surface area is 202 Å². The topological polar surface area (TPSA) is 112 Å². The van der Waals surface area contributed by atoms with Crippen molar-refractivity contribution in [3.05, 3.63) is 114 Å². The molecule has 3 aromatic carbocycles. The molecule has 4 N–H and O–H groups in total. The van der Waals surface area contributed by atoms with Gasteiger partial charge in [-0.3, -0.25) is 14.4 Å². The highest BCUT2D eigenvalue weighted by Gasteiger charge is 2.10. The summed E-state index contributed by atoms with van der Waals surface area (Å²) in [6.45, 7) is 0.482. The molecule has 0 radical (unpaired) electrons. The van der Waals surface area contributed by atoms with Crippen LogP contribution in [0.1, 0.15) is 26.5 Å². The minimum atomic E-state index is -0.377. The van der Waals surface area contributed by atoms with Crippen LogP contribution in [0.15, 0.2) is 102 Å². The fourth-order valence-corrected chi connectivity index (χ4v) is 3.28. The van der Waals surface area contributed by atoms with Crippen LogP contribution in [0.4, 0.5) is 17.1 Å². The van der Waals surface area contributed by atoms with Crippen LogP contribution in [0.5, 0.6) is 0 Å². The fourth-order valence-electron chi connectivity index (χ4n) is 3.28. The van der Waals surface area contributed by atoms with Crippen molar-refractivity contribution in [1.82, 2.24) is 5.32 Å². The van der Waals surface area contributed by atoms with Crippen LogP contribution in [0, 0.1) is 0 Å². The maximum atomic E-state index is 12.4. The highest BCUT2D eigenvalue weighted by Crippen LogP contribution is 2.17. The number of rotatable bonds is 9. The SMILES string of the molecule is O=C(CNc1ccc(C(=O)NCc2ccccc2)cc1)Nc1cccc(NC(=O)c2ccco2)c1. The number of hydrogen-bond donors (Lipinski definition) is 4. The summed E-state index contributed by atoms with van der Waals surface area (Å²) in [5.41, 5.74) is 3.33. The molecule has 4 rings (SSSR count). The molecule has 0 aliphatic heterocycles. The maximum Gasteiger partial charge on any atom is 0.291 e.